The first kappa shape index (κ1) is 20.9. The number of carboxylic acid groups (broad SMARTS) is 1. The van der Waals surface area contributed by atoms with Gasteiger partial charge in [-0.3, -0.25) is 14.5 Å². The van der Waals surface area contributed by atoms with Gasteiger partial charge in [0.25, 0.3) is 12.4 Å². The van der Waals surface area contributed by atoms with Crippen molar-refractivity contribution in [1.29, 1.82) is 0 Å². The van der Waals surface area contributed by atoms with Crippen molar-refractivity contribution in [3.8, 4) is 0 Å². The van der Waals surface area contributed by atoms with E-state index in [1.807, 2.05) is 0 Å². The molecule has 5 heterocycles. The minimum atomic E-state index is -0.250. The lowest BCUT2D eigenvalue weighted by Gasteiger charge is -2.29. The fraction of sp³-hybridized carbons (Fsp3) is 0.632. The largest absolute Gasteiger partial charge is 0.483 e. The fourth-order valence-electron chi connectivity index (χ4n) is 5.17. The van der Waals surface area contributed by atoms with Crippen LogP contribution in [0.5, 0.6) is 0 Å². The van der Waals surface area contributed by atoms with Gasteiger partial charge in [0.2, 0.25) is 0 Å². The average Bonchev–Trinajstić information content (AvgIpc) is 3.53. The maximum absolute atomic E-state index is 12.3. The molecule has 4 atom stereocenters. The highest BCUT2D eigenvalue weighted by Crippen LogP contribution is 2.54. The normalized spacial score (nSPS) is 29.3. The maximum Gasteiger partial charge on any atom is 0.290 e. The van der Waals surface area contributed by atoms with Crippen molar-refractivity contribution in [3.05, 3.63) is 28.7 Å². The van der Waals surface area contributed by atoms with Crippen molar-refractivity contribution in [2.75, 3.05) is 19.6 Å². The summed E-state index contributed by atoms with van der Waals surface area (Å²) in [5, 5.41) is 20.1. The van der Waals surface area contributed by atoms with Crippen LogP contribution in [0.2, 0.25) is 0 Å². The average molecular weight is 435 g/mol. The van der Waals surface area contributed by atoms with E-state index in [4.69, 9.17) is 14.6 Å². The third-order valence-electron chi connectivity index (χ3n) is 6.42. The number of rotatable bonds is 6. The highest BCUT2D eigenvalue weighted by molar-refractivity contribution is 7.07. The van der Waals surface area contributed by atoms with E-state index >= 15 is 0 Å². The molecule has 1 spiro atoms. The number of hydrogen-bond acceptors (Lipinski definition) is 8. The number of aromatic nitrogens is 4. The van der Waals surface area contributed by atoms with Gasteiger partial charge in [-0.05, 0) is 19.8 Å². The van der Waals surface area contributed by atoms with Gasteiger partial charge in [-0.25, -0.2) is 4.98 Å². The molecule has 3 aliphatic rings. The summed E-state index contributed by atoms with van der Waals surface area (Å²) in [6, 6.07) is 0. The van der Waals surface area contributed by atoms with Crippen molar-refractivity contribution in [2.24, 2.45) is 11.8 Å². The molecule has 0 aromatic carbocycles. The molecule has 2 bridgehead atoms. The molecule has 3 aliphatic heterocycles. The molecular weight excluding hydrogens is 408 g/mol. The smallest absolute Gasteiger partial charge is 0.290 e. The molecule has 2 aromatic heterocycles. The van der Waals surface area contributed by atoms with Crippen LogP contribution in [0.25, 0.3) is 0 Å². The van der Waals surface area contributed by atoms with E-state index in [0.717, 1.165) is 44.8 Å². The van der Waals surface area contributed by atoms with Crippen LogP contribution < -0.4 is 5.32 Å². The number of amides is 1. The molecule has 0 saturated carbocycles. The van der Waals surface area contributed by atoms with Crippen LogP contribution in [0.3, 0.4) is 0 Å². The standard InChI is InChI=1S/C18H24N6O2S.CH2O2/c1-2-24-10-21-22-16(24)7-23-6-13-12(15-3-4-18(13,9-23)26-15)5-19-17(25)14-8-27-11-20-14;2-1-3/h8,10-13,15H,2-7,9H2,1H3,(H,19,25);1H,(H,2,3)/t12-,13+,15+,18+;/m0./s1. The van der Waals surface area contributed by atoms with Crippen molar-refractivity contribution in [2.45, 2.75) is 44.6 Å². The number of thiazole rings is 1. The summed E-state index contributed by atoms with van der Waals surface area (Å²) in [5.41, 5.74) is 2.15. The van der Waals surface area contributed by atoms with Gasteiger partial charge in [0.1, 0.15) is 17.8 Å². The first-order valence-electron chi connectivity index (χ1n) is 10.1. The van der Waals surface area contributed by atoms with Gasteiger partial charge in [-0.1, -0.05) is 0 Å². The Morgan fingerprint density at radius 1 is 1.53 bits per heavy atom. The molecule has 3 saturated heterocycles. The van der Waals surface area contributed by atoms with E-state index < -0.39 is 0 Å². The Bertz CT molecular complexity index is 874. The Kier molecular flexibility index (Phi) is 6.11. The minimum Gasteiger partial charge on any atom is -0.483 e. The van der Waals surface area contributed by atoms with Crippen LogP contribution in [0.15, 0.2) is 17.2 Å². The van der Waals surface area contributed by atoms with Crippen molar-refractivity contribution >= 4 is 23.7 Å². The molecule has 2 aromatic rings. The summed E-state index contributed by atoms with van der Waals surface area (Å²) in [6.07, 6.45) is 4.28. The highest BCUT2D eigenvalue weighted by Gasteiger charge is 2.62. The Balaban J connectivity index is 0.000000687. The summed E-state index contributed by atoms with van der Waals surface area (Å²) in [6.45, 7) is 6.14. The topological polar surface area (TPSA) is 122 Å². The molecule has 11 heteroatoms. The monoisotopic (exact) mass is 434 g/mol. The van der Waals surface area contributed by atoms with Gasteiger partial charge < -0.3 is 19.7 Å². The van der Waals surface area contributed by atoms with E-state index in [0.29, 0.717) is 24.1 Å². The van der Waals surface area contributed by atoms with Crippen LogP contribution in [0, 0.1) is 11.8 Å². The highest BCUT2D eigenvalue weighted by atomic mass is 32.1. The first-order chi connectivity index (χ1) is 14.6. The van der Waals surface area contributed by atoms with E-state index in [1.165, 1.54) is 11.3 Å². The van der Waals surface area contributed by atoms with E-state index in [9.17, 15) is 4.79 Å². The summed E-state index contributed by atoms with van der Waals surface area (Å²) >= 11 is 1.44. The van der Waals surface area contributed by atoms with E-state index in [2.05, 4.69) is 36.9 Å². The lowest BCUT2D eigenvalue weighted by molar-refractivity contribution is -0.122. The molecule has 10 nitrogen and oxygen atoms in total. The molecule has 3 fully saturated rings. The first-order valence-corrected chi connectivity index (χ1v) is 11.1. The molecule has 0 unspecified atom stereocenters. The van der Waals surface area contributed by atoms with Crippen molar-refractivity contribution in [3.63, 3.8) is 0 Å². The summed E-state index contributed by atoms with van der Waals surface area (Å²) in [7, 11) is 0. The Morgan fingerprint density at radius 3 is 3.10 bits per heavy atom. The number of nitrogens with zero attached hydrogens (tertiary/aromatic N) is 5. The molecule has 0 aliphatic carbocycles. The van der Waals surface area contributed by atoms with Gasteiger partial charge in [0.05, 0.1) is 23.8 Å². The number of ether oxygens (including phenoxy) is 1. The Morgan fingerprint density at radius 2 is 2.37 bits per heavy atom. The number of hydrogen-bond donors (Lipinski definition) is 2. The van der Waals surface area contributed by atoms with Crippen molar-refractivity contribution < 1.29 is 19.4 Å². The van der Waals surface area contributed by atoms with Crippen molar-refractivity contribution in [1.82, 2.24) is 30.0 Å². The van der Waals surface area contributed by atoms with E-state index in [1.54, 1.807) is 17.2 Å². The predicted octanol–water partition coefficient (Wildman–Crippen LogP) is 0.865. The number of carbonyl (C=O) groups excluding carboxylic acids is 1. The third-order valence-corrected chi connectivity index (χ3v) is 7.01. The predicted molar refractivity (Wildman–Crippen MR) is 108 cm³/mol. The lowest BCUT2D eigenvalue weighted by Crippen LogP contribution is -2.42. The third kappa shape index (κ3) is 3.84. The number of carbonyl (C=O) groups is 2. The zero-order valence-electron chi connectivity index (χ0n) is 16.8. The van der Waals surface area contributed by atoms with Crippen LogP contribution in [0.1, 0.15) is 36.1 Å². The number of nitrogens with one attached hydrogen (secondary N) is 1. The SMILES string of the molecule is CCn1cnnc1CN1C[C@@H]2[C@H](CNC(=O)c3cscn3)[C@H]3CC[C@]2(C1)O3.O=CO. The second kappa shape index (κ2) is 8.78. The zero-order valence-corrected chi connectivity index (χ0v) is 17.6. The van der Waals surface area contributed by atoms with Crippen LogP contribution in [0.4, 0.5) is 0 Å². The molecule has 30 heavy (non-hydrogen) atoms. The second-order valence-electron chi connectivity index (χ2n) is 7.92. The molecule has 2 N–H and O–H groups in total. The zero-order chi connectivity index (χ0) is 21.1. The van der Waals surface area contributed by atoms with E-state index in [-0.39, 0.29) is 24.1 Å². The molecule has 162 valence electrons. The number of likely N-dealkylation sites (tertiary alicyclic amines) is 1. The fourth-order valence-corrected chi connectivity index (χ4v) is 5.70. The summed E-state index contributed by atoms with van der Waals surface area (Å²) in [4.78, 5) is 27.2. The van der Waals surface area contributed by atoms with Gasteiger partial charge in [-0.2, -0.15) is 0 Å². The Hall–Kier alpha value is -2.37. The molecular formula is C19H26N6O4S. The Labute approximate surface area is 178 Å². The molecule has 5 rings (SSSR count). The summed E-state index contributed by atoms with van der Waals surface area (Å²) in [5.74, 6) is 1.76. The van der Waals surface area contributed by atoms with Crippen LogP contribution in [-0.4, -0.2) is 73.5 Å². The molecule has 1 amide bonds. The molecule has 0 radical (unpaired) electrons. The van der Waals surface area contributed by atoms with Gasteiger partial charge >= 0.3 is 0 Å². The van der Waals surface area contributed by atoms with Gasteiger partial charge in [-0.15, -0.1) is 21.5 Å². The van der Waals surface area contributed by atoms with Gasteiger partial charge in [0.15, 0.2) is 0 Å². The van der Waals surface area contributed by atoms with Crippen LogP contribution in [-0.2, 0) is 22.6 Å². The quantitative estimate of drug-likeness (QED) is 0.642. The lowest BCUT2D eigenvalue weighted by atomic mass is 9.73. The second-order valence-corrected chi connectivity index (χ2v) is 8.64. The van der Waals surface area contributed by atoms with Crippen LogP contribution >= 0.6 is 11.3 Å². The minimum absolute atomic E-state index is 0.0439. The number of fused-ring (bicyclic) bond motifs is 1. The number of aryl methyl sites for hydroxylation is 1. The maximum atomic E-state index is 12.3. The summed E-state index contributed by atoms with van der Waals surface area (Å²) < 4.78 is 8.57. The van der Waals surface area contributed by atoms with Gasteiger partial charge in [0, 0.05) is 43.4 Å².